The van der Waals surface area contributed by atoms with Crippen molar-refractivity contribution < 1.29 is 9.21 Å². The van der Waals surface area contributed by atoms with Crippen molar-refractivity contribution in [3.05, 3.63) is 36.2 Å². The van der Waals surface area contributed by atoms with Crippen molar-refractivity contribution in [3.8, 4) is 0 Å². The summed E-state index contributed by atoms with van der Waals surface area (Å²) in [7, 11) is 0. The maximum Gasteiger partial charge on any atom is 0.316 e. The van der Waals surface area contributed by atoms with Gasteiger partial charge in [-0.2, -0.15) is 0 Å². The second-order valence-corrected chi connectivity index (χ2v) is 9.73. The summed E-state index contributed by atoms with van der Waals surface area (Å²) in [5, 5.41) is 11.6. The number of carbonyl (C=O) groups excluding carboxylic acids is 1. The van der Waals surface area contributed by atoms with Crippen LogP contribution in [0, 0.1) is 17.3 Å². The fourth-order valence-corrected chi connectivity index (χ4v) is 5.57. The Morgan fingerprint density at radius 1 is 1.10 bits per heavy atom. The monoisotopic (exact) mass is 407 g/mol. The fourth-order valence-electron chi connectivity index (χ4n) is 5.57. The second kappa shape index (κ2) is 6.72. The first-order valence-corrected chi connectivity index (χ1v) is 11.3. The molecule has 7 heteroatoms. The molecule has 0 unspecified atom stereocenters. The molecule has 1 amide bonds. The molecule has 1 spiro atoms. The number of nitrogens with zero attached hydrogens (tertiary/aromatic N) is 4. The third-order valence-corrected chi connectivity index (χ3v) is 7.84. The third kappa shape index (κ3) is 3.15. The first-order chi connectivity index (χ1) is 14.6. The lowest BCUT2D eigenvalue weighted by Gasteiger charge is -2.33. The molecule has 6 rings (SSSR count). The normalized spacial score (nSPS) is 29.6. The lowest BCUT2D eigenvalue weighted by atomic mass is 9.93. The molecular weight excluding hydrogens is 378 g/mol. The van der Waals surface area contributed by atoms with Gasteiger partial charge in [0.05, 0.1) is 0 Å². The molecule has 0 bridgehead atoms. The molecule has 3 heterocycles. The van der Waals surface area contributed by atoms with E-state index in [9.17, 15) is 4.79 Å². The number of hydrogen-bond acceptors (Lipinski definition) is 6. The van der Waals surface area contributed by atoms with Crippen molar-refractivity contribution in [2.24, 2.45) is 17.3 Å². The van der Waals surface area contributed by atoms with Crippen LogP contribution < -0.4 is 10.2 Å². The van der Waals surface area contributed by atoms with Crippen LogP contribution in [0.1, 0.15) is 44.4 Å². The number of rotatable bonds is 5. The van der Waals surface area contributed by atoms with Gasteiger partial charge in [0.2, 0.25) is 11.8 Å². The van der Waals surface area contributed by atoms with E-state index in [4.69, 9.17) is 4.42 Å². The predicted octanol–water partition coefficient (Wildman–Crippen LogP) is 3.12. The molecule has 2 saturated carbocycles. The molecule has 2 aliphatic carbocycles. The Balaban J connectivity index is 1.03. The summed E-state index contributed by atoms with van der Waals surface area (Å²) in [6.07, 6.45) is 5.00. The number of nitrogens with one attached hydrogen (secondary N) is 1. The van der Waals surface area contributed by atoms with Gasteiger partial charge < -0.3 is 19.5 Å². The van der Waals surface area contributed by atoms with Crippen LogP contribution in [0.25, 0.3) is 0 Å². The van der Waals surface area contributed by atoms with E-state index < -0.39 is 0 Å². The quantitative estimate of drug-likeness (QED) is 0.821. The van der Waals surface area contributed by atoms with Gasteiger partial charge in [-0.15, -0.1) is 5.10 Å². The molecule has 1 N–H and O–H groups in total. The molecule has 4 aliphatic rings. The summed E-state index contributed by atoms with van der Waals surface area (Å²) in [6.45, 7) is 5.72. The van der Waals surface area contributed by atoms with E-state index in [1.165, 1.54) is 18.5 Å². The summed E-state index contributed by atoms with van der Waals surface area (Å²) < 4.78 is 5.91. The maximum absolute atomic E-state index is 12.8. The Labute approximate surface area is 176 Å². The minimum Gasteiger partial charge on any atom is -0.408 e. The zero-order chi connectivity index (χ0) is 20.3. The lowest BCUT2D eigenvalue weighted by Crippen LogP contribution is -2.45. The molecule has 2 aromatic rings. The zero-order valence-corrected chi connectivity index (χ0v) is 17.5. The van der Waals surface area contributed by atoms with Crippen molar-refractivity contribution in [1.29, 1.82) is 0 Å². The number of piperidine rings is 2. The van der Waals surface area contributed by atoms with Crippen LogP contribution in [-0.4, -0.2) is 53.2 Å². The van der Waals surface area contributed by atoms with Crippen LogP contribution in [0.2, 0.25) is 0 Å². The predicted molar refractivity (Wildman–Crippen MR) is 113 cm³/mol. The summed E-state index contributed by atoms with van der Waals surface area (Å²) in [5.41, 5.74) is 1.86. The molecule has 158 valence electrons. The van der Waals surface area contributed by atoms with E-state index in [2.05, 4.69) is 50.7 Å². The third-order valence-electron chi connectivity index (χ3n) is 7.84. The molecule has 30 heavy (non-hydrogen) atoms. The summed E-state index contributed by atoms with van der Waals surface area (Å²) in [6, 6.07) is 10.6. The number of hydrogen-bond donors (Lipinski definition) is 1. The number of aromatic nitrogens is 2. The smallest absolute Gasteiger partial charge is 0.316 e. The van der Waals surface area contributed by atoms with Crippen molar-refractivity contribution in [2.75, 3.05) is 36.4 Å². The van der Waals surface area contributed by atoms with Gasteiger partial charge >= 0.3 is 6.01 Å². The molecule has 7 nitrogen and oxygen atoms in total. The van der Waals surface area contributed by atoms with Crippen LogP contribution in [-0.2, 0) is 4.79 Å². The topological polar surface area (TPSA) is 74.5 Å². The van der Waals surface area contributed by atoms with E-state index in [-0.39, 0.29) is 11.9 Å². The number of anilines is 2. The molecule has 4 fully saturated rings. The van der Waals surface area contributed by atoms with E-state index >= 15 is 0 Å². The number of para-hydroxylation sites is 1. The fraction of sp³-hybridized carbons (Fsp3) is 0.609. The Hall–Kier alpha value is -2.57. The van der Waals surface area contributed by atoms with E-state index in [0.717, 1.165) is 39.0 Å². The molecule has 2 saturated heterocycles. The lowest BCUT2D eigenvalue weighted by molar-refractivity contribution is -0.133. The van der Waals surface area contributed by atoms with Crippen LogP contribution in [0.3, 0.4) is 0 Å². The molecule has 4 atom stereocenters. The average Bonchev–Trinajstić information content (AvgIpc) is 3.55. The maximum atomic E-state index is 12.8. The van der Waals surface area contributed by atoms with Gasteiger partial charge in [-0.05, 0) is 62.0 Å². The van der Waals surface area contributed by atoms with Crippen LogP contribution >= 0.6 is 0 Å². The molecule has 0 radical (unpaired) electrons. The van der Waals surface area contributed by atoms with Gasteiger partial charge in [0.1, 0.15) is 6.04 Å². The van der Waals surface area contributed by atoms with E-state index in [0.29, 0.717) is 35.1 Å². The van der Waals surface area contributed by atoms with Crippen LogP contribution in [0.4, 0.5) is 11.7 Å². The molecular formula is C23H29N5O2. The highest BCUT2D eigenvalue weighted by Gasteiger charge is 2.59. The number of carbonyl (C=O) groups is 1. The highest BCUT2D eigenvalue weighted by Crippen LogP contribution is 2.58. The average molecular weight is 408 g/mol. The van der Waals surface area contributed by atoms with Gasteiger partial charge in [-0.1, -0.05) is 23.3 Å². The minimum absolute atomic E-state index is 0.132. The highest BCUT2D eigenvalue weighted by atomic mass is 16.4. The number of amides is 1. The molecule has 1 aromatic carbocycles. The van der Waals surface area contributed by atoms with E-state index in [1.807, 2.05) is 11.8 Å². The van der Waals surface area contributed by atoms with Gasteiger partial charge in [-0.3, -0.25) is 4.79 Å². The standard InChI is InChI=1S/C23H29N5O2/c1-15(21(29)27-11-9-23(7-8-23)10-12-27)24-22-26-25-20(30-22)19-17-13-28(14-18(17)19)16-5-3-2-4-6-16/h2-6,15,17-19H,7-14H2,1H3,(H,24,26)/t15-,17-,18+,19-/m0/s1. The summed E-state index contributed by atoms with van der Waals surface area (Å²) >= 11 is 0. The van der Waals surface area contributed by atoms with Crippen molar-refractivity contribution in [3.63, 3.8) is 0 Å². The Morgan fingerprint density at radius 2 is 1.80 bits per heavy atom. The zero-order valence-electron chi connectivity index (χ0n) is 17.5. The second-order valence-electron chi connectivity index (χ2n) is 9.73. The van der Waals surface area contributed by atoms with Gasteiger partial charge in [-0.25, -0.2) is 0 Å². The number of benzene rings is 1. The first-order valence-electron chi connectivity index (χ1n) is 11.3. The van der Waals surface area contributed by atoms with Crippen molar-refractivity contribution in [2.45, 2.75) is 44.6 Å². The molecule has 2 aliphatic heterocycles. The highest BCUT2D eigenvalue weighted by molar-refractivity contribution is 5.83. The first kappa shape index (κ1) is 18.2. The van der Waals surface area contributed by atoms with Gasteiger partial charge in [0.25, 0.3) is 0 Å². The SMILES string of the molecule is C[C@H](Nc1nnc([C@@H]2[C@@H]3CN(c4ccccc4)C[C@@H]32)o1)C(=O)N1CCC2(CC1)CC2. The van der Waals surface area contributed by atoms with Crippen LogP contribution in [0.15, 0.2) is 34.7 Å². The van der Waals surface area contributed by atoms with E-state index in [1.54, 1.807) is 0 Å². The Bertz CT molecular complexity index is 918. The van der Waals surface area contributed by atoms with Crippen LogP contribution in [0.5, 0.6) is 0 Å². The largest absolute Gasteiger partial charge is 0.408 e. The molecule has 1 aromatic heterocycles. The van der Waals surface area contributed by atoms with Crippen molar-refractivity contribution >= 4 is 17.6 Å². The Morgan fingerprint density at radius 3 is 2.47 bits per heavy atom. The summed E-state index contributed by atoms with van der Waals surface area (Å²) in [5.74, 6) is 2.37. The number of fused-ring (bicyclic) bond motifs is 1. The van der Waals surface area contributed by atoms with Gasteiger partial charge in [0, 0.05) is 37.8 Å². The van der Waals surface area contributed by atoms with Crippen molar-refractivity contribution in [1.82, 2.24) is 15.1 Å². The Kier molecular flexibility index (Phi) is 4.08. The summed E-state index contributed by atoms with van der Waals surface area (Å²) in [4.78, 5) is 17.2. The van der Waals surface area contributed by atoms with Gasteiger partial charge in [0.15, 0.2) is 0 Å². The number of likely N-dealkylation sites (tertiary alicyclic amines) is 1. The minimum atomic E-state index is -0.348.